The number of aromatic hydroxyl groups is 2. The van der Waals surface area contributed by atoms with Crippen molar-refractivity contribution < 1.29 is 37.5 Å². The van der Waals surface area contributed by atoms with E-state index in [0.717, 1.165) is 19.6 Å². The number of carbonyl (C=O) groups excluding carboxylic acids is 1. The van der Waals surface area contributed by atoms with Gasteiger partial charge in [-0.2, -0.15) is 8.42 Å². The van der Waals surface area contributed by atoms with Crippen molar-refractivity contribution in [1.29, 1.82) is 0 Å². The standard InChI is InChI=1S/C39H45NO8S/c1-25-32-16-13-30(42)24-33(32)48-39(35(25)26-7-11-29(41)12-8-26,27-9-14-31(15-10-27)47-22-21-40-19-5-4-6-20-40)36(49(44,45)46)38-18-17-28(23-34(38)43)37(38,2)3/h7-16,24,28,36,41-42H,4-6,17-23H2,1-3H3,(H,44,45,46)/t28?,36?,38-,39?/m0/s1. The highest BCUT2D eigenvalue weighted by atomic mass is 32.2. The smallest absolute Gasteiger partial charge is 0.273 e. The lowest BCUT2D eigenvalue weighted by atomic mass is 9.59. The molecule has 3 aromatic carbocycles. The van der Waals surface area contributed by atoms with Crippen LogP contribution < -0.4 is 9.47 Å². The van der Waals surface area contributed by atoms with Crippen molar-refractivity contribution in [2.75, 3.05) is 26.2 Å². The number of rotatable bonds is 9. The SMILES string of the molecule is CC1=C(c2ccc(O)cc2)C(c2ccc(OCCN3CCCCC3)cc2)(C([C@]23CCC(CC2=O)C3(C)C)S(=O)(=O)O)Oc2cc(O)ccc21. The predicted molar refractivity (Wildman–Crippen MR) is 187 cm³/mol. The highest BCUT2D eigenvalue weighted by Gasteiger charge is 2.75. The van der Waals surface area contributed by atoms with Crippen LogP contribution in [0.4, 0.5) is 0 Å². The third-order valence-electron chi connectivity index (χ3n) is 12.1. The first kappa shape index (κ1) is 33.6. The van der Waals surface area contributed by atoms with E-state index in [2.05, 4.69) is 4.90 Å². The molecule has 0 aromatic heterocycles. The van der Waals surface area contributed by atoms with E-state index in [1.54, 1.807) is 42.5 Å². The van der Waals surface area contributed by atoms with E-state index in [9.17, 15) is 28.0 Å². The van der Waals surface area contributed by atoms with Crippen LogP contribution in [0, 0.1) is 16.7 Å². The van der Waals surface area contributed by atoms with Gasteiger partial charge in [0.05, 0.1) is 5.41 Å². The van der Waals surface area contributed by atoms with Crippen LogP contribution in [0.2, 0.25) is 0 Å². The van der Waals surface area contributed by atoms with Crippen LogP contribution in [0.1, 0.15) is 76.0 Å². The molecular formula is C39H45NO8S. The number of piperidine rings is 1. The van der Waals surface area contributed by atoms with Crippen LogP contribution in [-0.2, 0) is 20.5 Å². The minimum atomic E-state index is -5.05. The van der Waals surface area contributed by atoms with E-state index < -0.39 is 31.8 Å². The van der Waals surface area contributed by atoms with Gasteiger partial charge in [-0.1, -0.05) is 44.5 Å². The van der Waals surface area contributed by atoms with Gasteiger partial charge < -0.3 is 19.7 Å². The van der Waals surface area contributed by atoms with Crippen molar-refractivity contribution in [3.05, 3.63) is 83.4 Å². The maximum absolute atomic E-state index is 14.3. The van der Waals surface area contributed by atoms with E-state index in [0.29, 0.717) is 46.6 Å². The van der Waals surface area contributed by atoms with Crippen LogP contribution in [0.15, 0.2) is 66.7 Å². The number of fused-ring (bicyclic) bond motifs is 3. The Labute approximate surface area is 288 Å². The van der Waals surface area contributed by atoms with Crippen LogP contribution in [0.5, 0.6) is 23.0 Å². The van der Waals surface area contributed by atoms with Crippen molar-refractivity contribution in [2.24, 2.45) is 16.7 Å². The second kappa shape index (κ2) is 12.2. The second-order valence-corrected chi connectivity index (χ2v) is 16.3. The number of nitrogens with zero attached hydrogens (tertiary/aromatic N) is 1. The Morgan fingerprint density at radius 1 is 0.959 bits per heavy atom. The summed E-state index contributed by atoms with van der Waals surface area (Å²) in [5.41, 5.74) is -1.56. The van der Waals surface area contributed by atoms with E-state index in [1.165, 1.54) is 43.5 Å². The summed E-state index contributed by atoms with van der Waals surface area (Å²) in [6.45, 7) is 9.12. The number of phenolic OH excluding ortho intramolecular Hbond substituents is 2. The molecule has 2 aliphatic heterocycles. The number of hydrogen-bond acceptors (Lipinski definition) is 8. The van der Waals surface area contributed by atoms with Gasteiger partial charge in [0.2, 0.25) is 0 Å². The molecule has 4 atom stereocenters. The summed E-state index contributed by atoms with van der Waals surface area (Å²) in [5.74, 6) is 0.504. The number of benzene rings is 3. The number of hydrogen-bond donors (Lipinski definition) is 3. The van der Waals surface area contributed by atoms with E-state index in [4.69, 9.17) is 9.47 Å². The zero-order chi connectivity index (χ0) is 34.8. The monoisotopic (exact) mass is 687 g/mol. The molecule has 3 fully saturated rings. The molecule has 7 rings (SSSR count). The van der Waals surface area contributed by atoms with Gasteiger partial charge in [-0.05, 0) is 105 Å². The molecule has 2 heterocycles. The third kappa shape index (κ3) is 5.34. The quantitative estimate of drug-likeness (QED) is 0.207. The Hall–Kier alpha value is -3.86. The topological polar surface area (TPSA) is 134 Å². The first-order valence-electron chi connectivity index (χ1n) is 17.3. The van der Waals surface area contributed by atoms with Crippen LogP contribution in [0.25, 0.3) is 11.1 Å². The van der Waals surface area contributed by atoms with Gasteiger partial charge in [-0.25, -0.2) is 0 Å². The minimum absolute atomic E-state index is 0.0244. The maximum Gasteiger partial charge on any atom is 0.273 e. The van der Waals surface area contributed by atoms with Gasteiger partial charge in [-0.15, -0.1) is 0 Å². The minimum Gasteiger partial charge on any atom is -0.508 e. The lowest BCUT2D eigenvalue weighted by Crippen LogP contribution is -2.63. The Kier molecular flexibility index (Phi) is 8.36. The summed E-state index contributed by atoms with van der Waals surface area (Å²) in [5, 5.41) is 19.1. The largest absolute Gasteiger partial charge is 0.508 e. The van der Waals surface area contributed by atoms with Gasteiger partial charge in [0.1, 0.15) is 40.6 Å². The highest BCUT2D eigenvalue weighted by molar-refractivity contribution is 7.86. The Balaban J connectivity index is 1.46. The zero-order valence-electron chi connectivity index (χ0n) is 28.3. The van der Waals surface area contributed by atoms with Crippen molar-refractivity contribution in [2.45, 2.75) is 70.1 Å². The summed E-state index contributed by atoms with van der Waals surface area (Å²) in [6, 6.07) is 18.2. The predicted octanol–water partition coefficient (Wildman–Crippen LogP) is 6.83. The van der Waals surface area contributed by atoms with Gasteiger partial charge >= 0.3 is 0 Å². The average Bonchev–Trinajstić information content (AvgIpc) is 3.41. The zero-order valence-corrected chi connectivity index (χ0v) is 29.1. The summed E-state index contributed by atoms with van der Waals surface area (Å²) in [6.07, 6.45) is 4.75. The fourth-order valence-corrected chi connectivity index (χ4v) is 11.3. The molecule has 4 aliphatic rings. The molecule has 2 bridgehead atoms. The van der Waals surface area contributed by atoms with Gasteiger partial charge in [0.15, 0.2) is 5.60 Å². The molecule has 2 aliphatic carbocycles. The lowest BCUT2D eigenvalue weighted by molar-refractivity contribution is -0.132. The molecule has 0 amide bonds. The number of ether oxygens (including phenoxy) is 2. The lowest BCUT2D eigenvalue weighted by Gasteiger charge is -2.53. The van der Waals surface area contributed by atoms with Gasteiger partial charge in [0.25, 0.3) is 10.1 Å². The number of phenols is 2. The third-order valence-corrected chi connectivity index (χ3v) is 13.4. The first-order valence-corrected chi connectivity index (χ1v) is 18.8. The number of Topliss-reactive ketones (excluding diaryl/α,β-unsaturated/α-hetero) is 1. The number of likely N-dealkylation sites (tertiary alicyclic amines) is 1. The van der Waals surface area contributed by atoms with Crippen LogP contribution >= 0.6 is 0 Å². The molecule has 0 spiro atoms. The van der Waals surface area contributed by atoms with Crippen LogP contribution in [-0.4, -0.2) is 65.4 Å². The van der Waals surface area contributed by atoms with Crippen molar-refractivity contribution in [3.8, 4) is 23.0 Å². The molecule has 3 aromatic rings. The van der Waals surface area contributed by atoms with E-state index in [1.807, 2.05) is 20.8 Å². The second-order valence-electron chi connectivity index (χ2n) is 14.8. The average molecular weight is 688 g/mol. The maximum atomic E-state index is 14.3. The highest BCUT2D eigenvalue weighted by Crippen LogP contribution is 2.70. The molecule has 3 unspecified atom stereocenters. The Morgan fingerprint density at radius 2 is 1.63 bits per heavy atom. The summed E-state index contributed by atoms with van der Waals surface area (Å²) in [7, 11) is -5.05. The molecule has 0 radical (unpaired) electrons. The molecular weight excluding hydrogens is 642 g/mol. The summed E-state index contributed by atoms with van der Waals surface area (Å²) >= 11 is 0. The van der Waals surface area contributed by atoms with Gasteiger partial charge in [-0.3, -0.25) is 14.2 Å². The fraction of sp³-hybridized carbons (Fsp3) is 0.462. The fourth-order valence-electron chi connectivity index (χ4n) is 9.55. The summed E-state index contributed by atoms with van der Waals surface area (Å²) < 4.78 is 53.3. The Bertz CT molecular complexity index is 1900. The van der Waals surface area contributed by atoms with E-state index >= 15 is 0 Å². The molecule has 1 saturated heterocycles. The molecule has 2 saturated carbocycles. The molecule has 260 valence electrons. The van der Waals surface area contributed by atoms with Crippen molar-refractivity contribution in [3.63, 3.8) is 0 Å². The molecule has 49 heavy (non-hydrogen) atoms. The molecule has 9 nitrogen and oxygen atoms in total. The van der Waals surface area contributed by atoms with E-state index in [-0.39, 0.29) is 41.8 Å². The van der Waals surface area contributed by atoms with Crippen LogP contribution in [0.3, 0.4) is 0 Å². The van der Waals surface area contributed by atoms with Gasteiger partial charge in [0, 0.05) is 35.7 Å². The van der Waals surface area contributed by atoms with Crippen molar-refractivity contribution >= 4 is 27.0 Å². The van der Waals surface area contributed by atoms with Crippen molar-refractivity contribution in [1.82, 2.24) is 4.90 Å². The first-order chi connectivity index (χ1) is 23.3. The number of carbonyl (C=O) groups is 1. The number of ketones is 1. The number of allylic oxidation sites excluding steroid dienone is 1. The normalized spacial score (nSPS) is 27.1. The molecule has 3 N–H and O–H groups in total. The Morgan fingerprint density at radius 3 is 2.24 bits per heavy atom. The molecule has 10 heteroatoms. The summed E-state index contributed by atoms with van der Waals surface area (Å²) in [4.78, 5) is 16.7.